The van der Waals surface area contributed by atoms with Gasteiger partial charge in [0, 0.05) is 12.8 Å². The number of Topliss-reactive ketones (excluding diaryl/α,β-unsaturated/α-hetero) is 1. The summed E-state index contributed by atoms with van der Waals surface area (Å²) in [5.41, 5.74) is 0.787. The minimum Gasteiger partial charge on any atom is -0.469 e. The highest BCUT2D eigenvalue weighted by atomic mass is 16.3. The van der Waals surface area contributed by atoms with E-state index in [2.05, 4.69) is 0 Å². The fraction of sp³-hybridized carbons (Fsp3) is 0.286. The first-order valence-electron chi connectivity index (χ1n) is 2.97. The molecular weight excluding hydrogens is 116 g/mol. The van der Waals surface area contributed by atoms with Crippen LogP contribution in [0.5, 0.6) is 0 Å². The molecule has 9 heavy (non-hydrogen) atoms. The summed E-state index contributed by atoms with van der Waals surface area (Å²) < 4.78 is 5.03. The Bertz CT molecular complexity index is 247. The van der Waals surface area contributed by atoms with Gasteiger partial charge in [-0.3, -0.25) is 4.79 Å². The van der Waals surface area contributed by atoms with Crippen molar-refractivity contribution < 1.29 is 9.21 Å². The number of hydrogen-bond acceptors (Lipinski definition) is 2. The summed E-state index contributed by atoms with van der Waals surface area (Å²) in [7, 11) is 0. The third-order valence-corrected chi connectivity index (χ3v) is 1.62. The molecule has 1 aromatic rings. The van der Waals surface area contributed by atoms with Gasteiger partial charge in [0.1, 0.15) is 5.76 Å². The number of hydrogen-bond donors (Lipinski definition) is 0. The molecule has 0 saturated heterocycles. The van der Waals surface area contributed by atoms with Crippen LogP contribution in [0, 0.1) is 0 Å². The van der Waals surface area contributed by atoms with Gasteiger partial charge < -0.3 is 4.42 Å². The van der Waals surface area contributed by atoms with E-state index in [4.69, 9.17) is 4.42 Å². The molecule has 2 rings (SSSR count). The van der Waals surface area contributed by atoms with Crippen molar-refractivity contribution in [1.29, 1.82) is 0 Å². The van der Waals surface area contributed by atoms with Crippen LogP contribution in [0.15, 0.2) is 16.7 Å². The minimum absolute atomic E-state index is 0.221. The summed E-state index contributed by atoms with van der Waals surface area (Å²) in [5.74, 6) is 1.08. The van der Waals surface area contributed by atoms with E-state index in [1.54, 1.807) is 12.3 Å². The maximum Gasteiger partial charge on any atom is 0.166 e. The molecule has 0 radical (unpaired) electrons. The lowest BCUT2D eigenvalue weighted by Gasteiger charge is -1.78. The summed E-state index contributed by atoms with van der Waals surface area (Å²) in [6.45, 7) is 0. The van der Waals surface area contributed by atoms with E-state index in [0.29, 0.717) is 6.42 Å². The van der Waals surface area contributed by atoms with Crippen LogP contribution in [0.1, 0.15) is 22.5 Å². The van der Waals surface area contributed by atoms with E-state index in [9.17, 15) is 4.79 Å². The van der Waals surface area contributed by atoms with Gasteiger partial charge in [0.15, 0.2) is 5.78 Å². The first-order chi connectivity index (χ1) is 4.38. The van der Waals surface area contributed by atoms with Gasteiger partial charge in [-0.15, -0.1) is 0 Å². The molecule has 46 valence electrons. The smallest absolute Gasteiger partial charge is 0.166 e. The van der Waals surface area contributed by atoms with E-state index in [-0.39, 0.29) is 5.78 Å². The highest BCUT2D eigenvalue weighted by Crippen LogP contribution is 2.21. The molecule has 0 amide bonds. The molecule has 0 spiro atoms. The van der Waals surface area contributed by atoms with Gasteiger partial charge in [-0.1, -0.05) is 0 Å². The number of carbonyl (C=O) groups excluding carboxylic acids is 1. The van der Waals surface area contributed by atoms with Crippen molar-refractivity contribution in [2.24, 2.45) is 0 Å². The molecule has 0 fully saturated rings. The maximum atomic E-state index is 10.9. The van der Waals surface area contributed by atoms with Gasteiger partial charge in [-0.25, -0.2) is 0 Å². The van der Waals surface area contributed by atoms with Gasteiger partial charge in [-0.05, 0) is 6.07 Å². The van der Waals surface area contributed by atoms with E-state index in [1.807, 2.05) is 0 Å². The molecule has 1 heterocycles. The molecule has 0 aromatic carbocycles. The lowest BCUT2D eigenvalue weighted by atomic mass is 10.2. The molecule has 0 bridgehead atoms. The first-order valence-corrected chi connectivity index (χ1v) is 2.97. The van der Waals surface area contributed by atoms with Crippen molar-refractivity contribution in [1.82, 2.24) is 0 Å². The zero-order chi connectivity index (χ0) is 6.27. The van der Waals surface area contributed by atoms with Crippen LogP contribution in [-0.4, -0.2) is 5.78 Å². The van der Waals surface area contributed by atoms with Crippen molar-refractivity contribution in [2.75, 3.05) is 0 Å². The number of fused-ring (bicyclic) bond motifs is 1. The third kappa shape index (κ3) is 0.529. The van der Waals surface area contributed by atoms with E-state index >= 15 is 0 Å². The van der Waals surface area contributed by atoms with Gasteiger partial charge >= 0.3 is 0 Å². The summed E-state index contributed by atoms with van der Waals surface area (Å²) in [5, 5.41) is 0. The Morgan fingerprint density at radius 1 is 1.44 bits per heavy atom. The number of rotatable bonds is 0. The molecule has 1 aliphatic carbocycles. The van der Waals surface area contributed by atoms with Gasteiger partial charge in [-0.2, -0.15) is 0 Å². The van der Waals surface area contributed by atoms with E-state index in [0.717, 1.165) is 17.7 Å². The van der Waals surface area contributed by atoms with Crippen LogP contribution in [0.2, 0.25) is 0 Å². The van der Waals surface area contributed by atoms with Crippen LogP contribution in [0.3, 0.4) is 0 Å². The SMILES string of the molecule is O=C1CCc2occc21. The molecule has 0 atom stereocenters. The lowest BCUT2D eigenvalue weighted by Crippen LogP contribution is -1.86. The normalized spacial score (nSPS) is 16.2. The lowest BCUT2D eigenvalue weighted by molar-refractivity contribution is 0.0994. The molecule has 0 aliphatic heterocycles. The first kappa shape index (κ1) is 4.79. The second-order valence-electron chi connectivity index (χ2n) is 2.18. The Labute approximate surface area is 52.5 Å². The van der Waals surface area contributed by atoms with Gasteiger partial charge in [0.2, 0.25) is 0 Å². The maximum absolute atomic E-state index is 10.9. The van der Waals surface area contributed by atoms with Crippen molar-refractivity contribution in [3.8, 4) is 0 Å². The molecule has 1 aliphatic rings. The van der Waals surface area contributed by atoms with E-state index < -0.39 is 0 Å². The highest BCUT2D eigenvalue weighted by molar-refractivity contribution is 5.99. The zero-order valence-corrected chi connectivity index (χ0v) is 4.89. The Kier molecular flexibility index (Phi) is 0.781. The fourth-order valence-electron chi connectivity index (χ4n) is 1.14. The van der Waals surface area contributed by atoms with Crippen LogP contribution >= 0.6 is 0 Å². The molecule has 0 saturated carbocycles. The molecule has 2 heteroatoms. The molecule has 1 aromatic heterocycles. The second kappa shape index (κ2) is 1.47. The molecule has 0 unspecified atom stereocenters. The number of furan rings is 1. The summed E-state index contributed by atoms with van der Waals surface area (Å²) in [4.78, 5) is 10.9. The quantitative estimate of drug-likeness (QED) is 0.520. The van der Waals surface area contributed by atoms with Crippen molar-refractivity contribution in [2.45, 2.75) is 12.8 Å². The minimum atomic E-state index is 0.221. The summed E-state index contributed by atoms with van der Waals surface area (Å²) in [6, 6.07) is 1.74. The van der Waals surface area contributed by atoms with Crippen molar-refractivity contribution in [3.63, 3.8) is 0 Å². The van der Waals surface area contributed by atoms with Crippen LogP contribution in [0.4, 0.5) is 0 Å². The Hall–Kier alpha value is -1.05. The third-order valence-electron chi connectivity index (χ3n) is 1.62. The Morgan fingerprint density at radius 3 is 3.11 bits per heavy atom. The largest absolute Gasteiger partial charge is 0.469 e. The Morgan fingerprint density at radius 2 is 2.33 bits per heavy atom. The predicted octanol–water partition coefficient (Wildman–Crippen LogP) is 1.41. The second-order valence-corrected chi connectivity index (χ2v) is 2.18. The number of ketones is 1. The van der Waals surface area contributed by atoms with Crippen molar-refractivity contribution in [3.05, 3.63) is 23.7 Å². The van der Waals surface area contributed by atoms with E-state index in [1.165, 1.54) is 0 Å². The number of carbonyl (C=O) groups is 1. The van der Waals surface area contributed by atoms with Gasteiger partial charge in [0.25, 0.3) is 0 Å². The average molecular weight is 122 g/mol. The van der Waals surface area contributed by atoms with Crippen molar-refractivity contribution >= 4 is 5.78 Å². The van der Waals surface area contributed by atoms with Crippen LogP contribution in [0.25, 0.3) is 0 Å². The average Bonchev–Trinajstić information content (AvgIpc) is 2.35. The standard InChI is InChI=1S/C7H6O2/c8-6-1-2-7-5(6)3-4-9-7/h3-4H,1-2H2. The van der Waals surface area contributed by atoms with Gasteiger partial charge in [0.05, 0.1) is 11.8 Å². The zero-order valence-electron chi connectivity index (χ0n) is 4.89. The summed E-state index contributed by atoms with van der Waals surface area (Å²) in [6.07, 6.45) is 3.00. The molecule has 0 N–H and O–H groups in total. The summed E-state index contributed by atoms with van der Waals surface area (Å²) >= 11 is 0. The highest BCUT2D eigenvalue weighted by Gasteiger charge is 2.21. The number of aryl methyl sites for hydroxylation is 1. The fourth-order valence-corrected chi connectivity index (χ4v) is 1.14. The predicted molar refractivity (Wildman–Crippen MR) is 31.4 cm³/mol. The molecule has 2 nitrogen and oxygen atoms in total. The van der Waals surface area contributed by atoms with Crippen LogP contribution < -0.4 is 0 Å². The monoisotopic (exact) mass is 122 g/mol. The Balaban J connectivity index is 2.61. The topological polar surface area (TPSA) is 30.2 Å². The molecular formula is C7H6O2. The van der Waals surface area contributed by atoms with Crippen LogP contribution in [-0.2, 0) is 6.42 Å².